The molecule has 2 aromatic rings. The summed E-state index contributed by atoms with van der Waals surface area (Å²) in [5.41, 5.74) is 0.580. The summed E-state index contributed by atoms with van der Waals surface area (Å²) in [6.45, 7) is 0. The van der Waals surface area contributed by atoms with Crippen molar-refractivity contribution in [2.75, 3.05) is 0 Å². The van der Waals surface area contributed by atoms with Gasteiger partial charge >= 0.3 is 0 Å². The van der Waals surface area contributed by atoms with Gasteiger partial charge in [-0.05, 0) is 24.3 Å². The third kappa shape index (κ3) is 4.58. The molecule has 24 heavy (non-hydrogen) atoms. The first kappa shape index (κ1) is 17.5. The van der Waals surface area contributed by atoms with Crippen molar-refractivity contribution < 1.29 is 9.85 Å². The van der Waals surface area contributed by atoms with Crippen molar-refractivity contribution in [1.82, 2.24) is 0 Å². The number of nitro groups is 2. The van der Waals surface area contributed by atoms with E-state index in [1.165, 1.54) is 48.5 Å². The number of nitro benzene ring substituents is 2. The zero-order chi connectivity index (χ0) is 17.7. The van der Waals surface area contributed by atoms with Crippen molar-refractivity contribution >= 4 is 56.3 Å². The number of nitrogens with zero attached hydrogens (tertiary/aromatic N) is 4. The number of aliphatic imine (C=N–C) groups is 2. The van der Waals surface area contributed by atoms with Gasteiger partial charge in [0.25, 0.3) is 11.4 Å². The molecule has 0 aliphatic heterocycles. The minimum atomic E-state index is -0.530. The number of hydrogen-bond donors (Lipinski definition) is 0. The Hall–Kier alpha value is -2.84. The van der Waals surface area contributed by atoms with Gasteiger partial charge in [0.05, 0.1) is 21.2 Å². The summed E-state index contributed by atoms with van der Waals surface area (Å²) in [5.74, 6) is 0. The molecule has 0 saturated heterocycles. The first-order chi connectivity index (χ1) is 11.4. The van der Waals surface area contributed by atoms with Crippen LogP contribution < -0.4 is 0 Å². The van der Waals surface area contributed by atoms with Crippen LogP contribution in [0.4, 0.5) is 22.7 Å². The highest BCUT2D eigenvalue weighted by molar-refractivity contribution is 7.00. The van der Waals surface area contributed by atoms with E-state index in [4.69, 9.17) is 23.2 Å². The molecule has 0 saturated carbocycles. The van der Waals surface area contributed by atoms with E-state index in [9.17, 15) is 20.2 Å². The van der Waals surface area contributed by atoms with Crippen LogP contribution in [-0.2, 0) is 0 Å². The molecule has 0 atom stereocenters. The van der Waals surface area contributed by atoms with Crippen molar-refractivity contribution in [2.45, 2.75) is 0 Å². The smallest absolute Gasteiger partial charge is 0.258 e. The van der Waals surface area contributed by atoms with Crippen LogP contribution in [-0.4, -0.2) is 20.2 Å². The summed E-state index contributed by atoms with van der Waals surface area (Å²) in [5, 5.41) is 20.9. The zero-order valence-corrected chi connectivity index (χ0v) is 13.3. The van der Waals surface area contributed by atoms with E-state index in [0.29, 0.717) is 11.4 Å². The average molecular weight is 367 g/mol. The first-order valence-electron chi connectivity index (χ1n) is 6.34. The fraction of sp³-hybridized carbons (Fsp3) is 0. The second-order valence-corrected chi connectivity index (χ2v) is 5.07. The molecule has 0 fully saturated rings. The lowest BCUT2D eigenvalue weighted by Gasteiger charge is -1.98. The van der Waals surface area contributed by atoms with Gasteiger partial charge in [0, 0.05) is 24.3 Å². The van der Waals surface area contributed by atoms with E-state index in [-0.39, 0.29) is 21.7 Å². The molecule has 8 nitrogen and oxygen atoms in total. The number of hydrogen-bond acceptors (Lipinski definition) is 6. The monoisotopic (exact) mass is 366 g/mol. The van der Waals surface area contributed by atoms with Crippen LogP contribution in [0.15, 0.2) is 58.5 Å². The molecule has 0 aliphatic rings. The van der Waals surface area contributed by atoms with Gasteiger partial charge in [0.2, 0.25) is 0 Å². The molecular weight excluding hydrogens is 359 g/mol. The van der Waals surface area contributed by atoms with Crippen LogP contribution in [0.3, 0.4) is 0 Å². The highest BCUT2D eigenvalue weighted by Crippen LogP contribution is 2.21. The molecule has 0 unspecified atom stereocenters. The third-order valence-corrected chi connectivity index (χ3v) is 3.37. The summed E-state index contributed by atoms with van der Waals surface area (Å²) in [4.78, 5) is 28.1. The van der Waals surface area contributed by atoms with Crippen LogP contribution >= 0.6 is 23.2 Å². The average Bonchev–Trinajstić information content (AvgIpc) is 2.55. The molecule has 0 amide bonds. The maximum Gasteiger partial charge on any atom is 0.269 e. The maximum atomic E-state index is 10.6. The lowest BCUT2D eigenvalue weighted by molar-refractivity contribution is -0.385. The van der Waals surface area contributed by atoms with Crippen LogP contribution in [0.5, 0.6) is 0 Å². The largest absolute Gasteiger partial charge is 0.269 e. The lowest BCUT2D eigenvalue weighted by Crippen LogP contribution is -1.98. The van der Waals surface area contributed by atoms with Crippen molar-refractivity contribution in [1.29, 1.82) is 0 Å². The summed E-state index contributed by atoms with van der Waals surface area (Å²) in [7, 11) is 0. The highest BCUT2D eigenvalue weighted by atomic mass is 35.5. The quantitative estimate of drug-likeness (QED) is 0.432. The first-order valence-corrected chi connectivity index (χ1v) is 7.10. The third-order valence-electron chi connectivity index (χ3n) is 2.75. The second kappa shape index (κ2) is 7.62. The minimum absolute atomic E-state index is 0.0734. The van der Waals surface area contributed by atoms with E-state index in [1.807, 2.05) is 0 Å². The fourth-order valence-electron chi connectivity index (χ4n) is 1.62. The molecule has 2 aromatic carbocycles. The normalized spacial score (nSPS) is 12.1. The van der Waals surface area contributed by atoms with Crippen molar-refractivity contribution in [2.24, 2.45) is 9.98 Å². The Balaban J connectivity index is 2.19. The Morgan fingerprint density at radius 1 is 0.708 bits per heavy atom. The van der Waals surface area contributed by atoms with E-state index in [1.54, 1.807) is 0 Å². The number of non-ortho nitro benzene ring substituents is 2. The molecule has 0 spiro atoms. The Morgan fingerprint density at radius 3 is 1.25 bits per heavy atom. The molecular formula is C14H8Cl2N4O4. The second-order valence-electron chi connectivity index (χ2n) is 4.35. The fourth-order valence-corrected chi connectivity index (χ4v) is 1.90. The summed E-state index contributed by atoms with van der Waals surface area (Å²) in [6.07, 6.45) is 0. The van der Waals surface area contributed by atoms with E-state index in [2.05, 4.69) is 9.98 Å². The van der Waals surface area contributed by atoms with E-state index in [0.717, 1.165) is 0 Å². The minimum Gasteiger partial charge on any atom is -0.258 e. The number of rotatable bonds is 5. The van der Waals surface area contributed by atoms with Gasteiger partial charge in [-0.2, -0.15) is 0 Å². The van der Waals surface area contributed by atoms with Gasteiger partial charge < -0.3 is 0 Å². The summed E-state index contributed by atoms with van der Waals surface area (Å²) < 4.78 is 0. The predicted molar refractivity (Wildman–Crippen MR) is 92.1 cm³/mol. The van der Waals surface area contributed by atoms with E-state index < -0.39 is 9.85 Å². The van der Waals surface area contributed by atoms with Gasteiger partial charge in [-0.15, -0.1) is 0 Å². The SMILES string of the molecule is O=[N+]([O-])c1ccc(N=C(Cl)C(Cl)=Nc2ccc([N+](=O)[O-])cc2)cc1. The molecule has 0 N–H and O–H groups in total. The summed E-state index contributed by atoms with van der Waals surface area (Å²) in [6, 6.07) is 10.8. The van der Waals surface area contributed by atoms with Gasteiger partial charge in [0.1, 0.15) is 0 Å². The Bertz CT molecular complexity index is 761. The van der Waals surface area contributed by atoms with Crippen molar-refractivity contribution in [3.05, 3.63) is 68.8 Å². The highest BCUT2D eigenvalue weighted by Gasteiger charge is 2.08. The van der Waals surface area contributed by atoms with Crippen LogP contribution in [0.1, 0.15) is 0 Å². The predicted octanol–water partition coefficient (Wildman–Crippen LogP) is 4.74. The van der Waals surface area contributed by atoms with Gasteiger partial charge in [-0.1, -0.05) is 23.2 Å². The van der Waals surface area contributed by atoms with Gasteiger partial charge in [-0.25, -0.2) is 9.98 Å². The molecule has 0 bridgehead atoms. The topological polar surface area (TPSA) is 111 Å². The standard InChI is InChI=1S/C14H8Cl2N4O4/c15-13(17-9-1-5-11(6-2-9)19(21)22)14(16)18-10-3-7-12(8-4-10)20(23)24/h1-8H. The lowest BCUT2D eigenvalue weighted by atomic mass is 10.3. The summed E-state index contributed by atoms with van der Waals surface area (Å²) >= 11 is 11.9. The Kier molecular flexibility index (Phi) is 5.56. The maximum absolute atomic E-state index is 10.6. The van der Waals surface area contributed by atoms with Gasteiger partial charge in [-0.3, -0.25) is 20.2 Å². The zero-order valence-electron chi connectivity index (χ0n) is 11.8. The molecule has 122 valence electrons. The van der Waals surface area contributed by atoms with Crippen LogP contribution in [0, 0.1) is 20.2 Å². The van der Waals surface area contributed by atoms with Crippen molar-refractivity contribution in [3.63, 3.8) is 0 Å². The molecule has 10 heteroatoms. The molecule has 0 aromatic heterocycles. The van der Waals surface area contributed by atoms with Crippen molar-refractivity contribution in [3.8, 4) is 0 Å². The van der Waals surface area contributed by atoms with Crippen LogP contribution in [0.2, 0.25) is 0 Å². The van der Waals surface area contributed by atoms with Crippen LogP contribution in [0.25, 0.3) is 0 Å². The molecule has 0 heterocycles. The Labute approximate surface area is 145 Å². The number of halogens is 2. The molecule has 0 aliphatic carbocycles. The molecule has 0 radical (unpaired) electrons. The number of benzene rings is 2. The Morgan fingerprint density at radius 2 is 1.00 bits per heavy atom. The van der Waals surface area contributed by atoms with E-state index >= 15 is 0 Å². The van der Waals surface area contributed by atoms with Gasteiger partial charge in [0.15, 0.2) is 10.3 Å². The molecule has 2 rings (SSSR count).